The van der Waals surface area contributed by atoms with Crippen molar-refractivity contribution in [2.45, 2.75) is 47.0 Å². The molecule has 2 aromatic rings. The molecule has 0 unspecified atom stereocenters. The van der Waals surface area contributed by atoms with E-state index >= 15 is 0 Å². The minimum atomic E-state index is -4.67. The third kappa shape index (κ3) is 10.6. The van der Waals surface area contributed by atoms with Crippen molar-refractivity contribution in [3.05, 3.63) is 61.5 Å². The van der Waals surface area contributed by atoms with E-state index in [0.717, 1.165) is 12.1 Å². The molecule has 0 heterocycles. The van der Waals surface area contributed by atoms with E-state index in [2.05, 4.69) is 45.7 Å². The lowest BCUT2D eigenvalue weighted by Gasteiger charge is -2.11. The van der Waals surface area contributed by atoms with Gasteiger partial charge in [0, 0.05) is 14.5 Å². The number of hydrogen-bond donors (Lipinski definition) is 2. The summed E-state index contributed by atoms with van der Waals surface area (Å²) in [6.07, 6.45) is -4.85. The maximum atomic E-state index is 12.4. The molecule has 2 aromatic carbocycles. The second kappa shape index (κ2) is 14.3. The van der Waals surface area contributed by atoms with Crippen molar-refractivity contribution in [3.8, 4) is 11.5 Å². The van der Waals surface area contributed by atoms with Crippen LogP contribution in [0, 0.1) is 0 Å². The van der Waals surface area contributed by atoms with Crippen LogP contribution >= 0.6 is 31.9 Å². The molecule has 2 N–H and O–H groups in total. The first-order chi connectivity index (χ1) is 14.6. The van der Waals surface area contributed by atoms with Crippen molar-refractivity contribution >= 4 is 44.2 Å². The van der Waals surface area contributed by atoms with Gasteiger partial charge in [-0.1, -0.05) is 71.7 Å². The van der Waals surface area contributed by atoms with Gasteiger partial charge in [-0.05, 0) is 31.2 Å². The van der Waals surface area contributed by atoms with Crippen LogP contribution in [0.4, 0.5) is 26.3 Å². The summed E-state index contributed by atoms with van der Waals surface area (Å²) >= 11 is 5.78. The van der Waals surface area contributed by atoms with Gasteiger partial charge in [0.2, 0.25) is 0 Å². The predicted molar refractivity (Wildman–Crippen MR) is 124 cm³/mol. The third-order valence-electron chi connectivity index (χ3n) is 3.29. The molecule has 0 aliphatic rings. The van der Waals surface area contributed by atoms with Crippen LogP contribution in [0.3, 0.4) is 0 Å². The van der Waals surface area contributed by atoms with Gasteiger partial charge < -0.3 is 10.2 Å². The lowest BCUT2D eigenvalue weighted by atomic mass is 10.1. The Labute approximate surface area is 205 Å². The zero-order valence-electron chi connectivity index (χ0n) is 17.1. The van der Waals surface area contributed by atoms with Crippen molar-refractivity contribution < 1.29 is 41.4 Å². The van der Waals surface area contributed by atoms with Crippen molar-refractivity contribution in [2.75, 3.05) is 0 Å². The van der Waals surface area contributed by atoms with E-state index in [9.17, 15) is 36.2 Å². The molecule has 11 heteroatoms. The number of hydrogen-bond acceptors (Lipinski definition) is 3. The Morgan fingerprint density at radius 1 is 0.818 bits per heavy atom. The van der Waals surface area contributed by atoms with Gasteiger partial charge in [-0.3, -0.25) is 4.79 Å². The van der Waals surface area contributed by atoms with Gasteiger partial charge in [-0.25, -0.2) is 0 Å². The van der Waals surface area contributed by atoms with E-state index in [-0.39, 0.29) is 28.2 Å². The maximum Gasteiger partial charge on any atom is 0.420 e. The Kier molecular flexibility index (Phi) is 14.4. The lowest BCUT2D eigenvalue weighted by Crippen LogP contribution is -2.06. The first kappa shape index (κ1) is 33.2. The molecule has 0 aromatic heterocycles. The van der Waals surface area contributed by atoms with Crippen LogP contribution in [0.5, 0.6) is 11.5 Å². The summed E-state index contributed by atoms with van der Waals surface area (Å²) in [5.74, 6) is -1.79. The van der Waals surface area contributed by atoms with Crippen LogP contribution in [0.1, 0.15) is 61.7 Å². The molecule has 0 aliphatic heterocycles. The smallest absolute Gasteiger partial charge is 0.420 e. The molecule has 0 saturated carbocycles. The average Bonchev–Trinajstić information content (AvgIpc) is 2.65. The van der Waals surface area contributed by atoms with E-state index in [4.69, 9.17) is 5.11 Å². The first-order valence-electron chi connectivity index (χ1n) is 8.91. The van der Waals surface area contributed by atoms with Crippen LogP contribution < -0.4 is 0 Å². The molecular formula is C22H24Br2F6O3. The number of phenols is 2. The van der Waals surface area contributed by atoms with E-state index in [1.165, 1.54) is 18.6 Å². The average molecular weight is 610 g/mol. The molecule has 0 bridgehead atoms. The van der Waals surface area contributed by atoms with Gasteiger partial charge >= 0.3 is 12.4 Å². The number of allylic oxidation sites excluding steroid dienone is 1. The van der Waals surface area contributed by atoms with Crippen LogP contribution in [0.15, 0.2) is 39.3 Å². The molecule has 186 valence electrons. The molecule has 3 nitrogen and oxygen atoms in total. The van der Waals surface area contributed by atoms with Gasteiger partial charge in [-0.2, -0.15) is 26.3 Å². The van der Waals surface area contributed by atoms with Crippen LogP contribution in [0.2, 0.25) is 0 Å². The van der Waals surface area contributed by atoms with Crippen LogP contribution in [-0.4, -0.2) is 16.5 Å². The maximum absolute atomic E-state index is 12.4. The molecule has 2 rings (SSSR count). The molecule has 33 heavy (non-hydrogen) atoms. The summed E-state index contributed by atoms with van der Waals surface area (Å²) in [7, 11) is 0. The summed E-state index contributed by atoms with van der Waals surface area (Å²) in [5, 5.41) is 18.5. The number of carbonyl (C=O) groups excluding carboxylic acids is 1. The number of aldehydes is 1. The normalized spacial score (nSPS) is 11.0. The predicted octanol–water partition coefficient (Wildman–Crippen LogP) is 9.24. The highest BCUT2D eigenvalue weighted by Crippen LogP contribution is 2.40. The number of halogens is 8. The highest BCUT2D eigenvalue weighted by Gasteiger charge is 2.35. The topological polar surface area (TPSA) is 57.5 Å². The summed E-state index contributed by atoms with van der Waals surface area (Å²) in [5.41, 5.74) is -2.52. The van der Waals surface area contributed by atoms with Crippen molar-refractivity contribution in [1.29, 1.82) is 0 Å². The van der Waals surface area contributed by atoms with Crippen molar-refractivity contribution in [2.24, 2.45) is 0 Å². The number of phenolic OH excluding ortho intramolecular Hbond substituents is 2. The molecular weight excluding hydrogens is 586 g/mol. The SMILES string of the molecule is C.C/C=C/c1cc(Br)cc(C(F)(F)F)c1O.CCC.O=Cc1cc(Br)cc(C(F)(F)F)c1O. The van der Waals surface area contributed by atoms with E-state index in [1.54, 1.807) is 13.0 Å². The second-order valence-electron chi connectivity index (χ2n) is 6.10. The monoisotopic (exact) mass is 608 g/mol. The molecule has 0 aliphatic carbocycles. The molecule has 0 saturated heterocycles. The quantitative estimate of drug-likeness (QED) is 0.263. The van der Waals surface area contributed by atoms with Gasteiger partial charge in [0.25, 0.3) is 0 Å². The van der Waals surface area contributed by atoms with E-state index < -0.39 is 40.5 Å². The van der Waals surface area contributed by atoms with Crippen LogP contribution in [0.25, 0.3) is 6.08 Å². The zero-order valence-corrected chi connectivity index (χ0v) is 20.2. The van der Waals surface area contributed by atoms with E-state index in [1.807, 2.05) is 0 Å². The Balaban J connectivity index is 0. The highest BCUT2D eigenvalue weighted by molar-refractivity contribution is 9.10. The molecule has 0 radical (unpaired) electrons. The Bertz CT molecular complexity index is 939. The minimum absolute atomic E-state index is 0. The number of benzene rings is 2. The van der Waals surface area contributed by atoms with Gasteiger partial charge in [0.15, 0.2) is 6.29 Å². The number of rotatable bonds is 2. The molecule has 0 amide bonds. The fourth-order valence-electron chi connectivity index (χ4n) is 2.07. The summed E-state index contributed by atoms with van der Waals surface area (Å²) in [6, 6.07) is 4.09. The first-order valence-corrected chi connectivity index (χ1v) is 10.5. The Morgan fingerprint density at radius 2 is 1.15 bits per heavy atom. The van der Waals surface area contributed by atoms with Crippen molar-refractivity contribution in [3.63, 3.8) is 0 Å². The summed E-state index contributed by atoms with van der Waals surface area (Å²) < 4.78 is 74.4. The van der Waals surface area contributed by atoms with Gasteiger partial charge in [0.05, 0.1) is 16.7 Å². The molecule has 0 fully saturated rings. The molecule has 0 spiro atoms. The highest BCUT2D eigenvalue weighted by atomic mass is 79.9. The Hall–Kier alpha value is -2.01. The van der Waals surface area contributed by atoms with Gasteiger partial charge in [-0.15, -0.1) is 0 Å². The minimum Gasteiger partial charge on any atom is -0.507 e. The fourth-order valence-corrected chi connectivity index (χ4v) is 3.02. The second-order valence-corrected chi connectivity index (χ2v) is 7.93. The Morgan fingerprint density at radius 3 is 1.45 bits per heavy atom. The zero-order chi connectivity index (χ0) is 25.3. The summed E-state index contributed by atoms with van der Waals surface area (Å²) in [4.78, 5) is 10.3. The molecule has 0 atom stereocenters. The van der Waals surface area contributed by atoms with Crippen LogP contribution in [-0.2, 0) is 12.4 Å². The number of carbonyl (C=O) groups is 1. The number of alkyl halides is 6. The summed E-state index contributed by atoms with van der Waals surface area (Å²) in [6.45, 7) is 5.91. The van der Waals surface area contributed by atoms with Crippen molar-refractivity contribution in [1.82, 2.24) is 0 Å². The standard InChI is InChI=1S/C10H8BrF3O.C8H4BrF3O2.C3H8.CH4/c1-2-3-6-4-7(11)5-8(9(6)15)10(12,13)14;9-5-1-4(3-13)7(14)6(2-5)8(10,11)12;1-3-2;/h2-5,15H,1H3;1-3,14H;3H2,1-2H3;1H4/b3-2+;;;. The van der Waals surface area contributed by atoms with E-state index in [0.29, 0.717) is 6.07 Å². The largest absolute Gasteiger partial charge is 0.507 e. The number of aromatic hydroxyl groups is 2. The lowest BCUT2D eigenvalue weighted by molar-refractivity contribution is -0.139. The van der Waals surface area contributed by atoms with Gasteiger partial charge in [0.1, 0.15) is 11.5 Å². The fraction of sp³-hybridized carbons (Fsp3) is 0.318. The third-order valence-corrected chi connectivity index (χ3v) is 4.21.